The first-order valence-electron chi connectivity index (χ1n) is 5.56. The SMILES string of the molecule is CCc1ccc(-c2cccc(C)c2)c(Br)c1. The molecule has 0 aliphatic heterocycles. The lowest BCUT2D eigenvalue weighted by Gasteiger charge is -2.07. The van der Waals surface area contributed by atoms with E-state index in [0.717, 1.165) is 6.42 Å². The van der Waals surface area contributed by atoms with Gasteiger partial charge in [-0.05, 0) is 36.1 Å². The van der Waals surface area contributed by atoms with Crippen LogP contribution in [-0.2, 0) is 6.42 Å². The number of halogens is 1. The number of hydrogen-bond donors (Lipinski definition) is 0. The van der Waals surface area contributed by atoms with Crippen LogP contribution in [0.1, 0.15) is 18.1 Å². The van der Waals surface area contributed by atoms with Gasteiger partial charge in [-0.15, -0.1) is 0 Å². The van der Waals surface area contributed by atoms with Crippen LogP contribution < -0.4 is 0 Å². The predicted molar refractivity (Wildman–Crippen MR) is 73.7 cm³/mol. The maximum Gasteiger partial charge on any atom is 0.0256 e. The van der Waals surface area contributed by atoms with E-state index in [1.54, 1.807) is 0 Å². The third-order valence-electron chi connectivity index (χ3n) is 2.77. The van der Waals surface area contributed by atoms with Crippen molar-refractivity contribution in [3.05, 3.63) is 58.1 Å². The van der Waals surface area contributed by atoms with Gasteiger partial charge in [-0.1, -0.05) is 64.8 Å². The third-order valence-corrected chi connectivity index (χ3v) is 3.43. The molecule has 0 unspecified atom stereocenters. The van der Waals surface area contributed by atoms with E-state index in [0.29, 0.717) is 0 Å². The summed E-state index contributed by atoms with van der Waals surface area (Å²) in [5.74, 6) is 0. The molecule has 0 N–H and O–H groups in total. The van der Waals surface area contributed by atoms with Crippen LogP contribution in [0, 0.1) is 6.92 Å². The van der Waals surface area contributed by atoms with Crippen molar-refractivity contribution in [1.82, 2.24) is 0 Å². The Labute approximate surface area is 105 Å². The lowest BCUT2D eigenvalue weighted by Crippen LogP contribution is -1.85. The van der Waals surface area contributed by atoms with Gasteiger partial charge in [0.15, 0.2) is 0 Å². The van der Waals surface area contributed by atoms with Crippen LogP contribution in [0.2, 0.25) is 0 Å². The average Bonchev–Trinajstić information content (AvgIpc) is 2.28. The van der Waals surface area contributed by atoms with Crippen molar-refractivity contribution in [3.63, 3.8) is 0 Å². The van der Waals surface area contributed by atoms with Gasteiger partial charge < -0.3 is 0 Å². The molecule has 0 atom stereocenters. The Balaban J connectivity index is 2.48. The molecule has 0 radical (unpaired) electrons. The van der Waals surface area contributed by atoms with Crippen LogP contribution in [0.4, 0.5) is 0 Å². The maximum absolute atomic E-state index is 3.65. The van der Waals surface area contributed by atoms with Crippen LogP contribution >= 0.6 is 15.9 Å². The summed E-state index contributed by atoms with van der Waals surface area (Å²) in [6, 6.07) is 15.2. The second-order valence-corrected chi connectivity index (χ2v) is 4.89. The largest absolute Gasteiger partial charge is 0.0614 e. The summed E-state index contributed by atoms with van der Waals surface area (Å²) >= 11 is 3.65. The Bertz CT molecular complexity index is 501. The van der Waals surface area contributed by atoms with Crippen LogP contribution in [0.3, 0.4) is 0 Å². The highest BCUT2D eigenvalue weighted by Crippen LogP contribution is 2.29. The highest BCUT2D eigenvalue weighted by Gasteiger charge is 2.03. The van der Waals surface area contributed by atoms with Crippen molar-refractivity contribution in [2.24, 2.45) is 0 Å². The molecule has 0 nitrogen and oxygen atoms in total. The van der Waals surface area contributed by atoms with Gasteiger partial charge in [0.1, 0.15) is 0 Å². The van der Waals surface area contributed by atoms with E-state index in [9.17, 15) is 0 Å². The molecule has 2 aromatic carbocycles. The molecule has 0 bridgehead atoms. The molecular formula is C15H15Br. The molecule has 0 saturated heterocycles. The zero-order valence-electron chi connectivity index (χ0n) is 9.63. The van der Waals surface area contributed by atoms with Crippen molar-refractivity contribution in [2.75, 3.05) is 0 Å². The number of hydrogen-bond acceptors (Lipinski definition) is 0. The minimum absolute atomic E-state index is 1.08. The number of benzene rings is 2. The summed E-state index contributed by atoms with van der Waals surface area (Å²) < 4.78 is 1.18. The molecule has 0 saturated carbocycles. The molecule has 2 aromatic rings. The molecule has 0 spiro atoms. The first-order chi connectivity index (χ1) is 7.70. The Kier molecular flexibility index (Phi) is 3.45. The Morgan fingerprint density at radius 2 is 1.88 bits per heavy atom. The molecule has 0 heterocycles. The molecule has 82 valence electrons. The molecule has 0 amide bonds. The highest BCUT2D eigenvalue weighted by molar-refractivity contribution is 9.10. The topological polar surface area (TPSA) is 0 Å². The van der Waals surface area contributed by atoms with E-state index in [1.165, 1.54) is 26.7 Å². The summed E-state index contributed by atoms with van der Waals surface area (Å²) in [4.78, 5) is 0. The summed E-state index contributed by atoms with van der Waals surface area (Å²) in [7, 11) is 0. The maximum atomic E-state index is 3.65. The van der Waals surface area contributed by atoms with Crippen molar-refractivity contribution < 1.29 is 0 Å². The molecule has 0 aromatic heterocycles. The van der Waals surface area contributed by atoms with Crippen LogP contribution in [0.25, 0.3) is 11.1 Å². The van der Waals surface area contributed by atoms with E-state index in [1.807, 2.05) is 0 Å². The number of aryl methyl sites for hydroxylation is 2. The van der Waals surface area contributed by atoms with Crippen molar-refractivity contribution in [3.8, 4) is 11.1 Å². The zero-order chi connectivity index (χ0) is 11.5. The fraction of sp³-hybridized carbons (Fsp3) is 0.200. The Morgan fingerprint density at radius 1 is 1.06 bits per heavy atom. The first-order valence-corrected chi connectivity index (χ1v) is 6.35. The molecule has 0 aliphatic rings. The van der Waals surface area contributed by atoms with Gasteiger partial charge in [-0.25, -0.2) is 0 Å². The minimum Gasteiger partial charge on any atom is -0.0614 e. The lowest BCUT2D eigenvalue weighted by atomic mass is 10.0. The lowest BCUT2D eigenvalue weighted by molar-refractivity contribution is 1.14. The molecule has 0 fully saturated rings. The standard InChI is InChI=1S/C15H15Br/c1-3-12-7-8-14(15(16)10-12)13-6-4-5-11(2)9-13/h4-10H,3H2,1-2H3. The first kappa shape index (κ1) is 11.4. The summed E-state index contributed by atoms with van der Waals surface area (Å²) in [6.45, 7) is 4.30. The minimum atomic E-state index is 1.08. The predicted octanol–water partition coefficient (Wildman–Crippen LogP) is 4.99. The summed E-state index contributed by atoms with van der Waals surface area (Å²) in [5, 5.41) is 0. The summed E-state index contributed by atoms with van der Waals surface area (Å²) in [5.41, 5.74) is 5.20. The van der Waals surface area contributed by atoms with Gasteiger partial charge in [0.05, 0.1) is 0 Å². The van der Waals surface area contributed by atoms with Gasteiger partial charge >= 0.3 is 0 Å². The fourth-order valence-electron chi connectivity index (χ4n) is 1.83. The monoisotopic (exact) mass is 274 g/mol. The van der Waals surface area contributed by atoms with E-state index >= 15 is 0 Å². The Morgan fingerprint density at radius 3 is 2.50 bits per heavy atom. The quantitative estimate of drug-likeness (QED) is 0.724. The molecular weight excluding hydrogens is 260 g/mol. The van der Waals surface area contributed by atoms with Crippen LogP contribution in [0.5, 0.6) is 0 Å². The second kappa shape index (κ2) is 4.84. The van der Waals surface area contributed by atoms with Crippen LogP contribution in [-0.4, -0.2) is 0 Å². The molecule has 0 aliphatic carbocycles. The molecule has 2 rings (SSSR count). The van der Waals surface area contributed by atoms with Gasteiger partial charge in [-0.3, -0.25) is 0 Å². The number of rotatable bonds is 2. The highest BCUT2D eigenvalue weighted by atomic mass is 79.9. The van der Waals surface area contributed by atoms with Gasteiger partial charge in [0.25, 0.3) is 0 Å². The second-order valence-electron chi connectivity index (χ2n) is 4.04. The molecule has 1 heteroatoms. The van der Waals surface area contributed by atoms with Crippen molar-refractivity contribution in [1.29, 1.82) is 0 Å². The van der Waals surface area contributed by atoms with Crippen molar-refractivity contribution >= 4 is 15.9 Å². The van der Waals surface area contributed by atoms with Crippen molar-refractivity contribution in [2.45, 2.75) is 20.3 Å². The van der Waals surface area contributed by atoms with Crippen LogP contribution in [0.15, 0.2) is 46.9 Å². The molecule has 16 heavy (non-hydrogen) atoms. The summed E-state index contributed by atoms with van der Waals surface area (Å²) in [6.07, 6.45) is 1.08. The smallest absolute Gasteiger partial charge is 0.0256 e. The van der Waals surface area contributed by atoms with Gasteiger partial charge in [-0.2, -0.15) is 0 Å². The van der Waals surface area contributed by atoms with Gasteiger partial charge in [0.2, 0.25) is 0 Å². The van der Waals surface area contributed by atoms with E-state index in [2.05, 4.69) is 72.2 Å². The Hall–Kier alpha value is -1.08. The third kappa shape index (κ3) is 2.35. The zero-order valence-corrected chi connectivity index (χ0v) is 11.2. The van der Waals surface area contributed by atoms with E-state index in [4.69, 9.17) is 0 Å². The van der Waals surface area contributed by atoms with Gasteiger partial charge in [0, 0.05) is 4.47 Å². The normalized spacial score (nSPS) is 10.4. The van der Waals surface area contributed by atoms with E-state index in [-0.39, 0.29) is 0 Å². The van der Waals surface area contributed by atoms with E-state index < -0.39 is 0 Å². The fourth-order valence-corrected chi connectivity index (χ4v) is 2.48. The average molecular weight is 275 g/mol.